The van der Waals surface area contributed by atoms with E-state index >= 15 is 0 Å². The summed E-state index contributed by atoms with van der Waals surface area (Å²) in [5, 5.41) is 4.19. The van der Waals surface area contributed by atoms with Crippen LogP contribution in [0.2, 0.25) is 0 Å². The monoisotopic (exact) mass is 266 g/mol. The fourth-order valence-corrected chi connectivity index (χ4v) is 1.85. The first kappa shape index (κ1) is 10.2. The first-order valence-electron chi connectivity index (χ1n) is 4.51. The summed E-state index contributed by atoms with van der Waals surface area (Å²) in [6, 6.07) is 5.77. The molecule has 0 amide bonds. The van der Waals surface area contributed by atoms with Gasteiger partial charge in [-0.3, -0.25) is 0 Å². The molecule has 15 heavy (non-hydrogen) atoms. The number of rotatable bonds is 1. The van der Waals surface area contributed by atoms with Crippen molar-refractivity contribution >= 4 is 21.6 Å². The van der Waals surface area contributed by atoms with Crippen molar-refractivity contribution in [1.29, 1.82) is 0 Å². The van der Waals surface area contributed by atoms with Gasteiger partial charge in [-0.15, -0.1) is 0 Å². The maximum atomic E-state index is 5.96. The quantitative estimate of drug-likeness (QED) is 0.805. The van der Waals surface area contributed by atoms with Gasteiger partial charge in [-0.1, -0.05) is 6.07 Å². The highest BCUT2D eigenvalue weighted by Crippen LogP contribution is 2.30. The molecular weight excluding hydrogens is 256 g/mol. The third kappa shape index (κ3) is 1.74. The standard InChI is InChI=1S/C10H11BrN4/c1-6-13-10(15(2)14-6)7-4-3-5-8(11)9(7)12/h3-5H,12H2,1-2H3. The second-order valence-electron chi connectivity index (χ2n) is 3.31. The van der Waals surface area contributed by atoms with E-state index in [1.807, 2.05) is 32.2 Å². The molecule has 2 N–H and O–H groups in total. The lowest BCUT2D eigenvalue weighted by Gasteiger charge is -2.05. The van der Waals surface area contributed by atoms with Crippen molar-refractivity contribution in [2.24, 2.45) is 7.05 Å². The molecule has 2 aromatic rings. The minimum absolute atomic E-state index is 0.688. The van der Waals surface area contributed by atoms with E-state index in [0.717, 1.165) is 21.7 Å². The van der Waals surface area contributed by atoms with E-state index in [4.69, 9.17) is 5.73 Å². The second-order valence-corrected chi connectivity index (χ2v) is 4.16. The van der Waals surface area contributed by atoms with Gasteiger partial charge >= 0.3 is 0 Å². The summed E-state index contributed by atoms with van der Waals surface area (Å²) >= 11 is 3.39. The zero-order valence-corrected chi connectivity index (χ0v) is 10.1. The summed E-state index contributed by atoms with van der Waals surface area (Å²) in [5.41, 5.74) is 7.55. The molecule has 5 heteroatoms. The minimum Gasteiger partial charge on any atom is -0.397 e. The first-order chi connectivity index (χ1) is 7.09. The summed E-state index contributed by atoms with van der Waals surface area (Å²) in [6.45, 7) is 1.86. The molecule has 4 nitrogen and oxygen atoms in total. The van der Waals surface area contributed by atoms with Crippen LogP contribution in [-0.2, 0) is 7.05 Å². The van der Waals surface area contributed by atoms with E-state index < -0.39 is 0 Å². The molecule has 0 spiro atoms. The summed E-state index contributed by atoms with van der Waals surface area (Å²) in [7, 11) is 1.86. The summed E-state index contributed by atoms with van der Waals surface area (Å²) < 4.78 is 2.61. The first-order valence-corrected chi connectivity index (χ1v) is 5.31. The molecule has 1 aromatic carbocycles. The molecule has 2 rings (SSSR count). The molecule has 0 aliphatic heterocycles. The van der Waals surface area contributed by atoms with Gasteiger partial charge in [-0.25, -0.2) is 9.67 Å². The maximum absolute atomic E-state index is 5.96. The topological polar surface area (TPSA) is 56.7 Å². The molecule has 0 saturated heterocycles. The Morgan fingerprint density at radius 3 is 2.73 bits per heavy atom. The number of halogens is 1. The van der Waals surface area contributed by atoms with Crippen molar-refractivity contribution in [2.45, 2.75) is 6.92 Å². The summed E-state index contributed by atoms with van der Waals surface area (Å²) in [4.78, 5) is 4.33. The Morgan fingerprint density at radius 2 is 2.13 bits per heavy atom. The predicted molar refractivity (Wildman–Crippen MR) is 63.3 cm³/mol. The van der Waals surface area contributed by atoms with Crippen LogP contribution < -0.4 is 5.73 Å². The van der Waals surface area contributed by atoms with Crippen LogP contribution in [0.4, 0.5) is 5.69 Å². The van der Waals surface area contributed by atoms with E-state index in [9.17, 15) is 0 Å². The molecule has 0 bridgehead atoms. The SMILES string of the molecule is Cc1nc(-c2cccc(Br)c2N)n(C)n1. The van der Waals surface area contributed by atoms with Crippen molar-refractivity contribution in [3.63, 3.8) is 0 Å². The molecular formula is C10H11BrN4. The van der Waals surface area contributed by atoms with E-state index in [-0.39, 0.29) is 0 Å². The Kier molecular flexibility index (Phi) is 2.48. The molecule has 0 aliphatic carbocycles. The number of nitrogens with zero attached hydrogens (tertiary/aromatic N) is 3. The number of aromatic nitrogens is 3. The van der Waals surface area contributed by atoms with Gasteiger partial charge in [0.05, 0.1) is 5.69 Å². The molecule has 78 valence electrons. The molecule has 0 saturated carbocycles. The normalized spacial score (nSPS) is 10.6. The largest absolute Gasteiger partial charge is 0.397 e. The molecule has 0 aliphatic rings. The number of para-hydroxylation sites is 1. The lowest BCUT2D eigenvalue weighted by atomic mass is 10.2. The van der Waals surface area contributed by atoms with Gasteiger partial charge in [0.2, 0.25) is 0 Å². The number of nitrogen functional groups attached to an aromatic ring is 1. The Bertz CT molecular complexity index is 504. The third-order valence-corrected chi connectivity index (χ3v) is 2.85. The highest BCUT2D eigenvalue weighted by atomic mass is 79.9. The number of hydrogen-bond acceptors (Lipinski definition) is 3. The van der Waals surface area contributed by atoms with Crippen molar-refractivity contribution in [3.8, 4) is 11.4 Å². The minimum atomic E-state index is 0.688. The van der Waals surface area contributed by atoms with E-state index in [2.05, 4.69) is 26.0 Å². The number of benzene rings is 1. The zero-order chi connectivity index (χ0) is 11.0. The van der Waals surface area contributed by atoms with Gasteiger partial charge in [-0.2, -0.15) is 5.10 Å². The number of aryl methyl sites for hydroxylation is 2. The van der Waals surface area contributed by atoms with Crippen LogP contribution >= 0.6 is 15.9 Å². The zero-order valence-electron chi connectivity index (χ0n) is 8.53. The smallest absolute Gasteiger partial charge is 0.160 e. The van der Waals surface area contributed by atoms with E-state index in [1.165, 1.54) is 0 Å². The van der Waals surface area contributed by atoms with Crippen LogP contribution in [0, 0.1) is 6.92 Å². The van der Waals surface area contributed by atoms with E-state index in [0.29, 0.717) is 5.69 Å². The Morgan fingerprint density at radius 1 is 1.40 bits per heavy atom. The average molecular weight is 267 g/mol. The van der Waals surface area contributed by atoms with E-state index in [1.54, 1.807) is 4.68 Å². The molecule has 0 unspecified atom stereocenters. The van der Waals surface area contributed by atoms with Crippen LogP contribution in [0.25, 0.3) is 11.4 Å². The van der Waals surface area contributed by atoms with Crippen molar-refractivity contribution in [3.05, 3.63) is 28.5 Å². The molecule has 1 aromatic heterocycles. The molecule has 0 fully saturated rings. The lowest BCUT2D eigenvalue weighted by Crippen LogP contribution is -1.98. The lowest BCUT2D eigenvalue weighted by molar-refractivity contribution is 0.764. The van der Waals surface area contributed by atoms with Gasteiger partial charge < -0.3 is 5.73 Å². The van der Waals surface area contributed by atoms with Gasteiger partial charge in [0.15, 0.2) is 5.82 Å². The van der Waals surface area contributed by atoms with Crippen molar-refractivity contribution < 1.29 is 0 Å². The Balaban J connectivity index is 2.64. The van der Waals surface area contributed by atoms with Gasteiger partial charge in [0.1, 0.15) is 5.82 Å². The van der Waals surface area contributed by atoms with Crippen LogP contribution in [0.5, 0.6) is 0 Å². The highest BCUT2D eigenvalue weighted by molar-refractivity contribution is 9.10. The van der Waals surface area contributed by atoms with Crippen molar-refractivity contribution in [2.75, 3.05) is 5.73 Å². The summed E-state index contributed by atoms with van der Waals surface area (Å²) in [6.07, 6.45) is 0. The maximum Gasteiger partial charge on any atom is 0.160 e. The number of anilines is 1. The molecule has 0 atom stereocenters. The van der Waals surface area contributed by atoms with Crippen LogP contribution in [-0.4, -0.2) is 14.8 Å². The molecule has 0 radical (unpaired) electrons. The fourth-order valence-electron chi connectivity index (χ4n) is 1.48. The number of nitrogens with two attached hydrogens (primary N) is 1. The van der Waals surface area contributed by atoms with Crippen LogP contribution in [0.1, 0.15) is 5.82 Å². The van der Waals surface area contributed by atoms with Gasteiger partial charge in [0.25, 0.3) is 0 Å². The van der Waals surface area contributed by atoms with Crippen LogP contribution in [0.3, 0.4) is 0 Å². The summed E-state index contributed by atoms with van der Waals surface area (Å²) in [5.74, 6) is 1.53. The van der Waals surface area contributed by atoms with Gasteiger partial charge in [0, 0.05) is 17.1 Å². The van der Waals surface area contributed by atoms with Crippen molar-refractivity contribution in [1.82, 2.24) is 14.8 Å². The Labute approximate surface area is 96.3 Å². The predicted octanol–water partition coefficient (Wildman–Crippen LogP) is 2.14. The van der Waals surface area contributed by atoms with Gasteiger partial charge in [-0.05, 0) is 35.0 Å². The second kappa shape index (κ2) is 3.66. The highest BCUT2D eigenvalue weighted by Gasteiger charge is 2.11. The fraction of sp³-hybridized carbons (Fsp3) is 0.200. The molecule has 1 heterocycles. The number of hydrogen-bond donors (Lipinski definition) is 1. The van der Waals surface area contributed by atoms with Crippen LogP contribution in [0.15, 0.2) is 22.7 Å². The average Bonchev–Trinajstić information content (AvgIpc) is 2.50. The Hall–Kier alpha value is -1.36. The third-order valence-electron chi connectivity index (χ3n) is 2.16.